The summed E-state index contributed by atoms with van der Waals surface area (Å²) >= 11 is 0. The van der Waals surface area contributed by atoms with Crippen molar-refractivity contribution < 1.29 is 9.59 Å². The molecule has 26 heavy (non-hydrogen) atoms. The third kappa shape index (κ3) is 3.50. The molecule has 0 aromatic heterocycles. The maximum atomic E-state index is 12.7. The zero-order chi connectivity index (χ0) is 17.9. The third-order valence-electron chi connectivity index (χ3n) is 5.62. The van der Waals surface area contributed by atoms with Crippen molar-refractivity contribution in [1.29, 1.82) is 0 Å². The first-order chi connectivity index (χ1) is 12.7. The maximum Gasteiger partial charge on any atom is 0.232 e. The zero-order valence-electron chi connectivity index (χ0n) is 14.9. The Morgan fingerprint density at radius 2 is 1.69 bits per heavy atom. The highest BCUT2D eigenvalue weighted by Crippen LogP contribution is 2.35. The molecule has 4 nitrogen and oxygen atoms in total. The van der Waals surface area contributed by atoms with Crippen molar-refractivity contribution in [1.82, 2.24) is 4.90 Å². The summed E-state index contributed by atoms with van der Waals surface area (Å²) in [5, 5.41) is 2.88. The lowest BCUT2D eigenvalue weighted by Gasteiger charge is -2.32. The highest BCUT2D eigenvalue weighted by atomic mass is 16.2. The van der Waals surface area contributed by atoms with E-state index in [1.165, 1.54) is 5.56 Å². The van der Waals surface area contributed by atoms with Gasteiger partial charge in [0.25, 0.3) is 0 Å². The van der Waals surface area contributed by atoms with E-state index in [1.54, 1.807) is 0 Å². The van der Waals surface area contributed by atoms with Gasteiger partial charge in [0.2, 0.25) is 11.8 Å². The van der Waals surface area contributed by atoms with E-state index in [9.17, 15) is 9.59 Å². The Labute approximate surface area is 154 Å². The molecule has 0 radical (unpaired) electrons. The number of rotatable bonds is 4. The molecule has 1 fully saturated rings. The smallest absolute Gasteiger partial charge is 0.232 e. The van der Waals surface area contributed by atoms with E-state index in [1.807, 2.05) is 35.2 Å². The first-order valence-corrected chi connectivity index (χ1v) is 9.42. The average molecular weight is 348 g/mol. The van der Waals surface area contributed by atoms with E-state index in [4.69, 9.17) is 0 Å². The second kappa shape index (κ2) is 7.32. The van der Waals surface area contributed by atoms with Crippen molar-refractivity contribution >= 4 is 17.5 Å². The summed E-state index contributed by atoms with van der Waals surface area (Å²) in [5.41, 5.74) is 3.16. The van der Waals surface area contributed by atoms with Gasteiger partial charge in [-0.05, 0) is 42.4 Å². The van der Waals surface area contributed by atoms with Crippen molar-refractivity contribution in [2.75, 3.05) is 18.4 Å². The number of hydrogen-bond donors (Lipinski definition) is 1. The van der Waals surface area contributed by atoms with E-state index >= 15 is 0 Å². The van der Waals surface area contributed by atoms with Crippen molar-refractivity contribution in [3.8, 4) is 0 Å². The van der Waals surface area contributed by atoms with Gasteiger partial charge in [0.05, 0.1) is 5.92 Å². The number of piperidine rings is 1. The maximum absolute atomic E-state index is 12.7. The van der Waals surface area contributed by atoms with Gasteiger partial charge in [0, 0.05) is 25.2 Å². The molecular weight excluding hydrogens is 324 g/mol. The summed E-state index contributed by atoms with van der Waals surface area (Å²) in [6.07, 6.45) is 3.43. The number of nitrogens with zero attached hydrogens (tertiary/aromatic N) is 1. The lowest BCUT2D eigenvalue weighted by Crippen LogP contribution is -2.39. The van der Waals surface area contributed by atoms with Crippen LogP contribution in [0.3, 0.4) is 0 Å². The fourth-order valence-electron chi connectivity index (χ4n) is 4.12. The van der Waals surface area contributed by atoms with Crippen LogP contribution in [0.5, 0.6) is 0 Å². The van der Waals surface area contributed by atoms with Crippen molar-refractivity contribution in [2.45, 2.75) is 31.6 Å². The van der Waals surface area contributed by atoms with Gasteiger partial charge >= 0.3 is 0 Å². The first kappa shape index (κ1) is 16.8. The van der Waals surface area contributed by atoms with Gasteiger partial charge in [-0.1, -0.05) is 48.5 Å². The van der Waals surface area contributed by atoms with E-state index in [0.29, 0.717) is 5.92 Å². The number of benzene rings is 2. The van der Waals surface area contributed by atoms with E-state index in [-0.39, 0.29) is 24.2 Å². The Morgan fingerprint density at radius 1 is 1.00 bits per heavy atom. The van der Waals surface area contributed by atoms with Gasteiger partial charge in [0.15, 0.2) is 0 Å². The monoisotopic (exact) mass is 348 g/mol. The Hall–Kier alpha value is -2.62. The Bertz CT molecular complexity index is 795. The van der Waals surface area contributed by atoms with Crippen molar-refractivity contribution in [3.05, 3.63) is 65.7 Å². The molecule has 0 saturated carbocycles. The summed E-state index contributed by atoms with van der Waals surface area (Å²) in [7, 11) is 0. The number of amides is 2. The van der Waals surface area contributed by atoms with Crippen LogP contribution in [0.2, 0.25) is 0 Å². The number of fused-ring (bicyclic) bond motifs is 1. The predicted molar refractivity (Wildman–Crippen MR) is 102 cm³/mol. The molecule has 1 N–H and O–H groups in total. The molecule has 4 rings (SSSR count). The zero-order valence-corrected chi connectivity index (χ0v) is 14.9. The van der Waals surface area contributed by atoms with E-state index in [2.05, 4.69) is 29.6 Å². The summed E-state index contributed by atoms with van der Waals surface area (Å²) in [6, 6.07) is 18.2. The molecular formula is C22H24N2O2. The molecule has 2 aromatic carbocycles. The lowest BCUT2D eigenvalue weighted by molar-refractivity contribution is -0.134. The minimum Gasteiger partial charge on any atom is -0.343 e. The Kier molecular flexibility index (Phi) is 4.74. The number of hydrogen-bond acceptors (Lipinski definition) is 2. The number of carbonyl (C=O) groups excluding carboxylic acids is 2. The van der Waals surface area contributed by atoms with Gasteiger partial charge < -0.3 is 10.2 Å². The highest BCUT2D eigenvalue weighted by Gasteiger charge is 2.34. The summed E-state index contributed by atoms with van der Waals surface area (Å²) in [4.78, 5) is 26.9. The van der Waals surface area contributed by atoms with E-state index in [0.717, 1.165) is 43.6 Å². The quantitative estimate of drug-likeness (QED) is 0.918. The molecule has 2 aromatic rings. The predicted octanol–water partition coefficient (Wildman–Crippen LogP) is 3.59. The van der Waals surface area contributed by atoms with Crippen LogP contribution in [-0.2, 0) is 16.0 Å². The fraction of sp³-hybridized carbons (Fsp3) is 0.364. The highest BCUT2D eigenvalue weighted by molar-refractivity contribution is 6.04. The molecule has 2 aliphatic rings. The summed E-state index contributed by atoms with van der Waals surface area (Å²) in [5.74, 6) is 0.330. The summed E-state index contributed by atoms with van der Waals surface area (Å²) in [6.45, 7) is 1.60. The molecule has 0 bridgehead atoms. The minimum atomic E-state index is -0.347. The van der Waals surface area contributed by atoms with Gasteiger partial charge in [-0.2, -0.15) is 0 Å². The molecule has 1 saturated heterocycles. The van der Waals surface area contributed by atoms with Gasteiger partial charge in [0.1, 0.15) is 0 Å². The van der Waals surface area contributed by atoms with Crippen LogP contribution in [0.25, 0.3) is 0 Å². The first-order valence-electron chi connectivity index (χ1n) is 9.42. The molecule has 2 aliphatic heterocycles. The summed E-state index contributed by atoms with van der Waals surface area (Å²) < 4.78 is 0. The number of carbonyl (C=O) groups is 2. The van der Waals surface area contributed by atoms with Crippen LogP contribution in [-0.4, -0.2) is 29.8 Å². The van der Waals surface area contributed by atoms with Gasteiger partial charge in [-0.15, -0.1) is 0 Å². The average Bonchev–Trinajstić information content (AvgIpc) is 2.98. The molecule has 1 unspecified atom stereocenters. The third-order valence-corrected chi connectivity index (χ3v) is 5.62. The number of nitrogens with one attached hydrogen (secondary N) is 1. The Morgan fingerprint density at radius 3 is 2.46 bits per heavy atom. The molecule has 134 valence electrons. The normalized spacial score (nSPS) is 19.9. The van der Waals surface area contributed by atoms with Crippen LogP contribution in [0.15, 0.2) is 54.6 Å². The molecule has 2 heterocycles. The second-order valence-corrected chi connectivity index (χ2v) is 7.35. The number of para-hydroxylation sites is 1. The topological polar surface area (TPSA) is 49.4 Å². The molecule has 0 spiro atoms. The van der Waals surface area contributed by atoms with Crippen LogP contribution in [0.1, 0.15) is 36.3 Å². The molecule has 1 atom stereocenters. The van der Waals surface area contributed by atoms with Crippen molar-refractivity contribution in [3.63, 3.8) is 0 Å². The second-order valence-electron chi connectivity index (χ2n) is 7.35. The van der Waals surface area contributed by atoms with Crippen molar-refractivity contribution in [2.24, 2.45) is 5.92 Å². The van der Waals surface area contributed by atoms with Crippen LogP contribution >= 0.6 is 0 Å². The SMILES string of the molecule is O=C1Nc2ccccc2C1CC(=O)N1CCC(Cc2ccccc2)CC1. The molecule has 4 heteroatoms. The Balaban J connectivity index is 1.32. The van der Waals surface area contributed by atoms with Crippen LogP contribution < -0.4 is 5.32 Å². The lowest BCUT2D eigenvalue weighted by atomic mass is 9.89. The standard InChI is InChI=1S/C22H24N2O2/c25-21(15-19-18-8-4-5-9-20(18)23-22(19)26)24-12-10-17(11-13-24)14-16-6-2-1-3-7-16/h1-9,17,19H,10-15H2,(H,23,26). The van der Waals surface area contributed by atoms with Crippen LogP contribution in [0, 0.1) is 5.92 Å². The minimum absolute atomic E-state index is 0.0569. The molecule has 2 amide bonds. The number of likely N-dealkylation sites (tertiary alicyclic amines) is 1. The van der Waals surface area contributed by atoms with E-state index < -0.39 is 0 Å². The fourth-order valence-corrected chi connectivity index (χ4v) is 4.12. The largest absolute Gasteiger partial charge is 0.343 e. The van der Waals surface area contributed by atoms with Gasteiger partial charge in [-0.25, -0.2) is 0 Å². The van der Waals surface area contributed by atoms with Crippen LogP contribution in [0.4, 0.5) is 5.69 Å². The number of anilines is 1. The van der Waals surface area contributed by atoms with Gasteiger partial charge in [-0.3, -0.25) is 9.59 Å². The molecule has 0 aliphatic carbocycles.